The van der Waals surface area contributed by atoms with Crippen molar-refractivity contribution in [3.8, 4) is 0 Å². The van der Waals surface area contributed by atoms with E-state index in [-0.39, 0.29) is 18.2 Å². The molecular formula is C13H21N3O3S. The van der Waals surface area contributed by atoms with Crippen molar-refractivity contribution in [3.63, 3.8) is 0 Å². The quantitative estimate of drug-likeness (QED) is 0.621. The van der Waals surface area contributed by atoms with Gasteiger partial charge >= 0.3 is 0 Å². The molecule has 7 heteroatoms. The van der Waals surface area contributed by atoms with E-state index in [2.05, 4.69) is 17.6 Å². The van der Waals surface area contributed by atoms with Gasteiger partial charge in [0.15, 0.2) is 0 Å². The second kappa shape index (κ2) is 7.86. The number of sulfonamides is 1. The van der Waals surface area contributed by atoms with E-state index in [0.29, 0.717) is 12.0 Å². The molecular weight excluding hydrogens is 278 g/mol. The molecule has 0 atom stereocenters. The number of anilines is 1. The fraction of sp³-hybridized carbons (Fsp3) is 0.462. The Morgan fingerprint density at radius 3 is 2.40 bits per heavy atom. The molecule has 4 N–H and O–H groups in total. The van der Waals surface area contributed by atoms with E-state index in [4.69, 9.17) is 5.14 Å². The SMILES string of the molecule is CCCNc1ccc(C(=O)NCCCS(N)(=O)=O)cc1. The van der Waals surface area contributed by atoms with Crippen LogP contribution in [-0.4, -0.2) is 33.2 Å². The van der Waals surface area contributed by atoms with Crippen molar-refractivity contribution in [1.29, 1.82) is 0 Å². The first-order chi connectivity index (χ1) is 9.42. The molecule has 0 aromatic heterocycles. The van der Waals surface area contributed by atoms with Crippen LogP contribution in [0.1, 0.15) is 30.1 Å². The Bertz CT molecular complexity index is 526. The Morgan fingerprint density at radius 2 is 1.85 bits per heavy atom. The molecule has 0 saturated carbocycles. The molecule has 1 aromatic carbocycles. The minimum absolute atomic E-state index is 0.132. The molecule has 0 saturated heterocycles. The zero-order valence-electron chi connectivity index (χ0n) is 11.6. The maximum absolute atomic E-state index is 11.8. The van der Waals surface area contributed by atoms with Crippen LogP contribution >= 0.6 is 0 Å². The van der Waals surface area contributed by atoms with Crippen LogP contribution in [0.25, 0.3) is 0 Å². The summed E-state index contributed by atoms with van der Waals surface area (Å²) in [7, 11) is -3.46. The predicted octanol–water partition coefficient (Wildman–Crippen LogP) is 0.917. The second-order valence-corrected chi connectivity index (χ2v) is 6.21. The fourth-order valence-electron chi connectivity index (χ4n) is 1.59. The van der Waals surface area contributed by atoms with E-state index in [1.54, 1.807) is 12.1 Å². The standard InChI is InChI=1S/C13H21N3O3S/c1-2-8-15-12-6-4-11(5-7-12)13(17)16-9-3-10-20(14,18)19/h4-7,15H,2-3,8-10H2,1H3,(H,16,17)(H2,14,18,19). The van der Waals surface area contributed by atoms with Crippen LogP contribution in [0.5, 0.6) is 0 Å². The molecule has 0 aliphatic rings. The number of benzene rings is 1. The molecule has 112 valence electrons. The second-order valence-electron chi connectivity index (χ2n) is 4.48. The number of hydrogen-bond acceptors (Lipinski definition) is 4. The third kappa shape index (κ3) is 6.53. The Labute approximate surface area is 119 Å². The molecule has 0 unspecified atom stereocenters. The first kappa shape index (κ1) is 16.5. The molecule has 0 aliphatic carbocycles. The lowest BCUT2D eigenvalue weighted by Crippen LogP contribution is -2.27. The van der Waals surface area contributed by atoms with Crippen LogP contribution in [0.2, 0.25) is 0 Å². The highest BCUT2D eigenvalue weighted by atomic mass is 32.2. The first-order valence-corrected chi connectivity index (χ1v) is 8.26. The Hall–Kier alpha value is -1.60. The van der Waals surface area contributed by atoms with Crippen LogP contribution in [0, 0.1) is 0 Å². The van der Waals surface area contributed by atoms with Crippen LogP contribution in [-0.2, 0) is 10.0 Å². The molecule has 1 rings (SSSR count). The van der Waals surface area contributed by atoms with Crippen molar-refractivity contribution < 1.29 is 13.2 Å². The van der Waals surface area contributed by atoms with Gasteiger partial charge in [-0.3, -0.25) is 4.79 Å². The molecule has 1 amide bonds. The van der Waals surface area contributed by atoms with Crippen LogP contribution in [0.15, 0.2) is 24.3 Å². The average Bonchev–Trinajstić information content (AvgIpc) is 2.40. The predicted molar refractivity (Wildman–Crippen MR) is 80.1 cm³/mol. The lowest BCUT2D eigenvalue weighted by molar-refractivity contribution is 0.0953. The van der Waals surface area contributed by atoms with Gasteiger partial charge in [0, 0.05) is 24.3 Å². The van der Waals surface area contributed by atoms with Gasteiger partial charge in [0.2, 0.25) is 10.0 Å². The van der Waals surface area contributed by atoms with E-state index >= 15 is 0 Å². The molecule has 0 spiro atoms. The van der Waals surface area contributed by atoms with Gasteiger partial charge in [0.05, 0.1) is 5.75 Å². The number of carbonyl (C=O) groups excluding carboxylic acids is 1. The molecule has 0 heterocycles. The molecule has 0 bridgehead atoms. The van der Waals surface area contributed by atoms with E-state index in [9.17, 15) is 13.2 Å². The van der Waals surface area contributed by atoms with E-state index in [1.807, 2.05) is 12.1 Å². The highest BCUT2D eigenvalue weighted by Gasteiger charge is 2.06. The van der Waals surface area contributed by atoms with Gasteiger partial charge in [-0.25, -0.2) is 13.6 Å². The summed E-state index contributed by atoms with van der Waals surface area (Å²) in [6, 6.07) is 7.14. The highest BCUT2D eigenvalue weighted by molar-refractivity contribution is 7.89. The number of amides is 1. The van der Waals surface area contributed by atoms with Crippen molar-refractivity contribution >= 4 is 21.6 Å². The molecule has 1 aromatic rings. The van der Waals surface area contributed by atoms with Crippen molar-refractivity contribution in [1.82, 2.24) is 5.32 Å². The number of nitrogens with one attached hydrogen (secondary N) is 2. The average molecular weight is 299 g/mol. The number of hydrogen-bond donors (Lipinski definition) is 3. The zero-order chi connectivity index (χ0) is 15.0. The summed E-state index contributed by atoms with van der Waals surface area (Å²) in [5.41, 5.74) is 1.51. The number of rotatable bonds is 8. The smallest absolute Gasteiger partial charge is 0.251 e. The third-order valence-corrected chi connectivity index (χ3v) is 3.48. The van der Waals surface area contributed by atoms with Crippen LogP contribution in [0.4, 0.5) is 5.69 Å². The van der Waals surface area contributed by atoms with Crippen LogP contribution < -0.4 is 15.8 Å². The van der Waals surface area contributed by atoms with Gasteiger partial charge < -0.3 is 10.6 Å². The number of carbonyl (C=O) groups is 1. The molecule has 0 fully saturated rings. The summed E-state index contributed by atoms with van der Waals surface area (Å²) in [6.07, 6.45) is 1.34. The van der Waals surface area contributed by atoms with Crippen molar-refractivity contribution in [2.45, 2.75) is 19.8 Å². The van der Waals surface area contributed by atoms with Gasteiger partial charge in [0.25, 0.3) is 5.91 Å². The molecule has 20 heavy (non-hydrogen) atoms. The van der Waals surface area contributed by atoms with E-state index in [0.717, 1.165) is 18.7 Å². The lowest BCUT2D eigenvalue weighted by Gasteiger charge is -2.07. The normalized spacial score (nSPS) is 11.1. The Morgan fingerprint density at radius 1 is 1.20 bits per heavy atom. The summed E-state index contributed by atoms with van der Waals surface area (Å²) in [5.74, 6) is -0.353. The Kier molecular flexibility index (Phi) is 6.47. The molecule has 6 nitrogen and oxygen atoms in total. The lowest BCUT2D eigenvalue weighted by atomic mass is 10.2. The topological polar surface area (TPSA) is 101 Å². The van der Waals surface area contributed by atoms with Crippen molar-refractivity contribution in [2.24, 2.45) is 5.14 Å². The minimum Gasteiger partial charge on any atom is -0.385 e. The first-order valence-electron chi connectivity index (χ1n) is 6.55. The maximum Gasteiger partial charge on any atom is 0.251 e. The van der Waals surface area contributed by atoms with Gasteiger partial charge in [-0.15, -0.1) is 0 Å². The largest absolute Gasteiger partial charge is 0.385 e. The molecule has 0 aliphatic heterocycles. The Balaban J connectivity index is 2.39. The number of primary sulfonamides is 1. The summed E-state index contributed by atoms with van der Waals surface area (Å²) in [4.78, 5) is 11.8. The summed E-state index contributed by atoms with van der Waals surface area (Å²) in [6.45, 7) is 3.25. The van der Waals surface area contributed by atoms with Gasteiger partial charge in [-0.2, -0.15) is 0 Å². The van der Waals surface area contributed by atoms with Gasteiger partial charge in [-0.05, 0) is 37.1 Å². The van der Waals surface area contributed by atoms with E-state index < -0.39 is 10.0 Å². The molecule has 0 radical (unpaired) electrons. The summed E-state index contributed by atoms with van der Waals surface area (Å²) in [5, 5.41) is 10.7. The third-order valence-electron chi connectivity index (χ3n) is 2.62. The summed E-state index contributed by atoms with van der Waals surface area (Å²) < 4.78 is 21.5. The van der Waals surface area contributed by atoms with Gasteiger partial charge in [0.1, 0.15) is 0 Å². The highest BCUT2D eigenvalue weighted by Crippen LogP contribution is 2.09. The maximum atomic E-state index is 11.8. The van der Waals surface area contributed by atoms with Crippen molar-refractivity contribution in [3.05, 3.63) is 29.8 Å². The van der Waals surface area contributed by atoms with Crippen LogP contribution in [0.3, 0.4) is 0 Å². The monoisotopic (exact) mass is 299 g/mol. The zero-order valence-corrected chi connectivity index (χ0v) is 12.4. The van der Waals surface area contributed by atoms with Crippen molar-refractivity contribution in [2.75, 3.05) is 24.2 Å². The van der Waals surface area contributed by atoms with E-state index in [1.165, 1.54) is 0 Å². The summed E-state index contributed by atoms with van der Waals surface area (Å²) >= 11 is 0. The minimum atomic E-state index is -3.46. The fourth-order valence-corrected chi connectivity index (χ4v) is 2.13. The number of nitrogens with two attached hydrogens (primary N) is 1. The van der Waals surface area contributed by atoms with Gasteiger partial charge in [-0.1, -0.05) is 6.92 Å².